The first-order valence-electron chi connectivity index (χ1n) is 8.78. The number of esters is 1. The zero-order valence-corrected chi connectivity index (χ0v) is 15.0. The van der Waals surface area contributed by atoms with E-state index in [9.17, 15) is 18.0 Å². The van der Waals surface area contributed by atoms with E-state index in [1.165, 1.54) is 0 Å². The number of alkyl halides is 3. The predicted molar refractivity (Wildman–Crippen MR) is 90.0 cm³/mol. The summed E-state index contributed by atoms with van der Waals surface area (Å²) in [6.07, 6.45) is -1.73. The average molecular weight is 357 g/mol. The Hall–Kier alpha value is -1.56. The Morgan fingerprint density at radius 3 is 2.52 bits per heavy atom. The highest BCUT2D eigenvalue weighted by Crippen LogP contribution is 2.37. The summed E-state index contributed by atoms with van der Waals surface area (Å²) in [6, 6.07) is 5.29. The highest BCUT2D eigenvalue weighted by molar-refractivity contribution is 5.71. The number of piperidine rings is 1. The van der Waals surface area contributed by atoms with Crippen molar-refractivity contribution in [2.24, 2.45) is 11.8 Å². The number of hydrogen-bond acceptors (Lipinski definition) is 3. The smallest absolute Gasteiger partial charge is 0.416 e. The molecule has 25 heavy (non-hydrogen) atoms. The molecule has 0 radical (unpaired) electrons. The van der Waals surface area contributed by atoms with Crippen LogP contribution in [0.15, 0.2) is 24.3 Å². The molecule has 1 aromatic rings. The first kappa shape index (κ1) is 19.8. The highest BCUT2D eigenvalue weighted by atomic mass is 19.4. The molecular formula is C19H26F3NO2. The average Bonchev–Trinajstić information content (AvgIpc) is 2.58. The van der Waals surface area contributed by atoms with Gasteiger partial charge in [-0.25, -0.2) is 0 Å². The third-order valence-corrected chi connectivity index (χ3v) is 5.04. The summed E-state index contributed by atoms with van der Waals surface area (Å²) >= 11 is 0. The maximum Gasteiger partial charge on any atom is 0.416 e. The van der Waals surface area contributed by atoms with Crippen LogP contribution in [0.4, 0.5) is 13.2 Å². The van der Waals surface area contributed by atoms with Crippen LogP contribution in [-0.2, 0) is 15.7 Å². The summed E-state index contributed by atoms with van der Waals surface area (Å²) in [5, 5.41) is 0. The molecule has 1 aliphatic heterocycles. The molecule has 0 aliphatic carbocycles. The lowest BCUT2D eigenvalue weighted by atomic mass is 9.85. The van der Waals surface area contributed by atoms with Gasteiger partial charge in [0, 0.05) is 12.0 Å². The SMILES string of the molecule is CC[C@H](C)C(=O)OC[C@@H]1CCCN(C)[C@@H]1c1ccc(C(F)(F)F)cc1. The second-order valence-corrected chi connectivity index (χ2v) is 6.89. The summed E-state index contributed by atoms with van der Waals surface area (Å²) in [4.78, 5) is 14.1. The first-order chi connectivity index (χ1) is 11.7. The van der Waals surface area contributed by atoms with Gasteiger partial charge in [-0.15, -0.1) is 0 Å². The normalized spacial score (nSPS) is 23.3. The van der Waals surface area contributed by atoms with Gasteiger partial charge < -0.3 is 4.74 Å². The van der Waals surface area contributed by atoms with E-state index in [2.05, 4.69) is 4.90 Å². The molecule has 6 heteroatoms. The Bertz CT molecular complexity index is 571. The molecule has 1 aliphatic rings. The van der Waals surface area contributed by atoms with Crippen LogP contribution >= 0.6 is 0 Å². The first-order valence-corrected chi connectivity index (χ1v) is 8.78. The van der Waals surface area contributed by atoms with Crippen LogP contribution in [0.1, 0.15) is 50.3 Å². The third kappa shape index (κ3) is 4.97. The lowest BCUT2D eigenvalue weighted by Crippen LogP contribution is -2.38. The highest BCUT2D eigenvalue weighted by Gasteiger charge is 2.34. The van der Waals surface area contributed by atoms with Gasteiger partial charge in [0.1, 0.15) is 0 Å². The topological polar surface area (TPSA) is 29.5 Å². The summed E-state index contributed by atoms with van der Waals surface area (Å²) in [5.74, 6) is -0.253. The van der Waals surface area contributed by atoms with Gasteiger partial charge >= 0.3 is 12.1 Å². The minimum Gasteiger partial charge on any atom is -0.465 e. The predicted octanol–water partition coefficient (Wildman–Crippen LogP) is 4.68. The van der Waals surface area contributed by atoms with E-state index in [0.29, 0.717) is 6.61 Å². The fraction of sp³-hybridized carbons (Fsp3) is 0.632. The van der Waals surface area contributed by atoms with Crippen molar-refractivity contribution in [2.45, 2.75) is 45.3 Å². The number of likely N-dealkylation sites (tertiary alicyclic amines) is 1. The minimum absolute atomic E-state index is 0.0410. The van der Waals surface area contributed by atoms with Crippen LogP contribution in [-0.4, -0.2) is 31.1 Å². The Morgan fingerprint density at radius 2 is 1.96 bits per heavy atom. The Labute approximate surface area is 147 Å². The van der Waals surface area contributed by atoms with E-state index in [0.717, 1.165) is 43.5 Å². The van der Waals surface area contributed by atoms with E-state index in [1.54, 1.807) is 12.1 Å². The molecule has 0 spiro atoms. The molecule has 0 aromatic heterocycles. The van der Waals surface area contributed by atoms with Crippen molar-refractivity contribution in [3.63, 3.8) is 0 Å². The molecule has 1 aromatic carbocycles. The summed E-state index contributed by atoms with van der Waals surface area (Å²) in [7, 11) is 1.96. The molecule has 1 heterocycles. The van der Waals surface area contributed by atoms with Crippen LogP contribution in [0.25, 0.3) is 0 Å². The molecule has 140 valence electrons. The van der Waals surface area contributed by atoms with Crippen LogP contribution in [0.3, 0.4) is 0 Å². The Kier molecular flexibility index (Phi) is 6.49. The van der Waals surface area contributed by atoms with E-state index in [4.69, 9.17) is 4.74 Å². The molecule has 3 nitrogen and oxygen atoms in total. The summed E-state index contributed by atoms with van der Waals surface area (Å²) < 4.78 is 43.8. The van der Waals surface area contributed by atoms with Crippen LogP contribution < -0.4 is 0 Å². The van der Waals surface area contributed by atoms with Crippen LogP contribution in [0.5, 0.6) is 0 Å². The van der Waals surface area contributed by atoms with Crippen molar-refractivity contribution < 1.29 is 22.7 Å². The van der Waals surface area contributed by atoms with Gasteiger partial charge in [0.15, 0.2) is 0 Å². The van der Waals surface area contributed by atoms with Crippen molar-refractivity contribution in [1.82, 2.24) is 4.90 Å². The summed E-state index contributed by atoms with van der Waals surface area (Å²) in [6.45, 7) is 4.95. The van der Waals surface area contributed by atoms with Gasteiger partial charge in [0.05, 0.1) is 18.1 Å². The van der Waals surface area contributed by atoms with Gasteiger partial charge in [-0.1, -0.05) is 26.0 Å². The van der Waals surface area contributed by atoms with Gasteiger partial charge in [0.2, 0.25) is 0 Å². The van der Waals surface area contributed by atoms with Crippen LogP contribution in [0.2, 0.25) is 0 Å². The van der Waals surface area contributed by atoms with Crippen LogP contribution in [0, 0.1) is 11.8 Å². The van der Waals surface area contributed by atoms with E-state index < -0.39 is 11.7 Å². The molecule has 0 saturated carbocycles. The largest absolute Gasteiger partial charge is 0.465 e. The minimum atomic E-state index is -4.33. The molecule has 0 bridgehead atoms. The number of rotatable bonds is 5. The quantitative estimate of drug-likeness (QED) is 0.717. The lowest BCUT2D eigenvalue weighted by Gasteiger charge is -2.39. The number of hydrogen-bond donors (Lipinski definition) is 0. The van der Waals surface area contributed by atoms with E-state index in [1.807, 2.05) is 20.9 Å². The van der Waals surface area contributed by atoms with Crippen molar-refractivity contribution in [1.29, 1.82) is 0 Å². The zero-order valence-electron chi connectivity index (χ0n) is 15.0. The monoisotopic (exact) mass is 357 g/mol. The number of benzene rings is 1. The maximum absolute atomic E-state index is 12.8. The Balaban J connectivity index is 2.12. The molecule has 2 rings (SSSR count). The maximum atomic E-state index is 12.8. The van der Waals surface area contributed by atoms with E-state index in [-0.39, 0.29) is 23.8 Å². The fourth-order valence-corrected chi connectivity index (χ4v) is 3.33. The third-order valence-electron chi connectivity index (χ3n) is 5.04. The molecule has 0 unspecified atom stereocenters. The summed E-state index contributed by atoms with van der Waals surface area (Å²) in [5.41, 5.74) is 0.189. The second kappa shape index (κ2) is 8.21. The lowest BCUT2D eigenvalue weighted by molar-refractivity contribution is -0.150. The molecular weight excluding hydrogens is 331 g/mol. The van der Waals surface area contributed by atoms with Gasteiger partial charge in [-0.3, -0.25) is 9.69 Å². The Morgan fingerprint density at radius 1 is 1.32 bits per heavy atom. The number of nitrogens with zero attached hydrogens (tertiary/aromatic N) is 1. The van der Waals surface area contributed by atoms with Gasteiger partial charge in [0.25, 0.3) is 0 Å². The van der Waals surface area contributed by atoms with Crippen molar-refractivity contribution >= 4 is 5.97 Å². The number of carbonyl (C=O) groups is 1. The van der Waals surface area contributed by atoms with Gasteiger partial charge in [-0.2, -0.15) is 13.2 Å². The van der Waals surface area contributed by atoms with Crippen molar-refractivity contribution in [3.05, 3.63) is 35.4 Å². The van der Waals surface area contributed by atoms with Gasteiger partial charge in [-0.05, 0) is 50.6 Å². The van der Waals surface area contributed by atoms with E-state index >= 15 is 0 Å². The molecule has 0 N–H and O–H groups in total. The molecule has 3 atom stereocenters. The second-order valence-electron chi connectivity index (χ2n) is 6.89. The molecule has 0 amide bonds. The van der Waals surface area contributed by atoms with Crippen molar-refractivity contribution in [3.8, 4) is 0 Å². The molecule has 1 saturated heterocycles. The number of halogens is 3. The van der Waals surface area contributed by atoms with Crippen molar-refractivity contribution in [2.75, 3.05) is 20.2 Å². The number of carbonyl (C=O) groups excluding carboxylic acids is 1. The fourth-order valence-electron chi connectivity index (χ4n) is 3.33. The zero-order chi connectivity index (χ0) is 18.6. The standard InChI is InChI=1S/C19H26F3NO2/c1-4-13(2)18(24)25-12-15-6-5-11-23(3)17(15)14-7-9-16(10-8-14)19(20,21)22/h7-10,13,15,17H,4-6,11-12H2,1-3H3/t13-,15-,17+/m0/s1. The molecule has 1 fully saturated rings. The number of ether oxygens (including phenoxy) is 1.